The molecule has 0 aromatic carbocycles. The maximum Gasteiger partial charge on any atom is 0.471 e. The summed E-state index contributed by atoms with van der Waals surface area (Å²) in [5.41, 5.74) is 0. The van der Waals surface area contributed by atoms with Gasteiger partial charge in [0, 0.05) is 13.1 Å². The number of carbonyl (C=O) groups is 2. The van der Waals surface area contributed by atoms with E-state index >= 15 is 0 Å². The summed E-state index contributed by atoms with van der Waals surface area (Å²) >= 11 is 0. The molecule has 1 amide bonds. The summed E-state index contributed by atoms with van der Waals surface area (Å²) in [5.74, 6) is -2.59. The van der Waals surface area contributed by atoms with E-state index in [9.17, 15) is 22.8 Å². The van der Waals surface area contributed by atoms with Crippen LogP contribution in [0, 0.1) is 0 Å². The van der Waals surface area contributed by atoms with Gasteiger partial charge in [-0.25, -0.2) is 0 Å². The van der Waals surface area contributed by atoms with E-state index in [0.717, 1.165) is 7.11 Å². The molecule has 0 aliphatic heterocycles. The Bertz CT molecular complexity index is 240. The summed E-state index contributed by atoms with van der Waals surface area (Å²) in [4.78, 5) is 22.0. The lowest BCUT2D eigenvalue weighted by Gasteiger charge is -2.21. The molecule has 0 heterocycles. The van der Waals surface area contributed by atoms with E-state index in [0.29, 0.717) is 4.90 Å². The third-order valence-corrected chi connectivity index (χ3v) is 1.72. The SMILES string of the molecule is CCN(CCC(=O)OC)C(=O)C(F)(F)F. The second-order valence-corrected chi connectivity index (χ2v) is 2.71. The number of rotatable bonds is 4. The molecule has 7 heteroatoms. The molecule has 0 aromatic rings. The molecule has 0 radical (unpaired) electrons. The van der Waals surface area contributed by atoms with Crippen molar-refractivity contribution in [1.29, 1.82) is 0 Å². The van der Waals surface area contributed by atoms with Crippen LogP contribution < -0.4 is 0 Å². The van der Waals surface area contributed by atoms with Gasteiger partial charge in [-0.1, -0.05) is 0 Å². The lowest BCUT2D eigenvalue weighted by Crippen LogP contribution is -2.42. The van der Waals surface area contributed by atoms with Gasteiger partial charge in [0.2, 0.25) is 0 Å². The van der Waals surface area contributed by atoms with Crippen molar-refractivity contribution in [3.05, 3.63) is 0 Å². The number of esters is 1. The highest BCUT2D eigenvalue weighted by molar-refractivity contribution is 5.82. The van der Waals surface area contributed by atoms with E-state index in [-0.39, 0.29) is 19.5 Å². The maximum atomic E-state index is 12.0. The minimum atomic E-state index is -4.90. The minimum Gasteiger partial charge on any atom is -0.469 e. The highest BCUT2D eigenvalue weighted by Crippen LogP contribution is 2.18. The maximum absolute atomic E-state index is 12.0. The lowest BCUT2D eigenvalue weighted by molar-refractivity contribution is -0.185. The number of amides is 1. The van der Waals surface area contributed by atoms with Gasteiger partial charge in [0.05, 0.1) is 13.5 Å². The molecule has 0 saturated carbocycles. The Labute approximate surface area is 85.0 Å². The van der Waals surface area contributed by atoms with Crippen molar-refractivity contribution in [2.75, 3.05) is 20.2 Å². The van der Waals surface area contributed by atoms with Gasteiger partial charge in [0.25, 0.3) is 0 Å². The van der Waals surface area contributed by atoms with Crippen molar-refractivity contribution in [1.82, 2.24) is 4.90 Å². The molecule has 0 rings (SSSR count). The number of methoxy groups -OCH3 is 1. The lowest BCUT2D eigenvalue weighted by atomic mass is 10.3. The van der Waals surface area contributed by atoms with Crippen molar-refractivity contribution in [3.8, 4) is 0 Å². The zero-order valence-electron chi connectivity index (χ0n) is 8.43. The normalized spacial score (nSPS) is 11.0. The third-order valence-electron chi connectivity index (χ3n) is 1.72. The van der Waals surface area contributed by atoms with E-state index in [2.05, 4.69) is 4.74 Å². The predicted molar refractivity (Wildman–Crippen MR) is 44.9 cm³/mol. The Kier molecular flexibility index (Phi) is 5.10. The number of hydrogen-bond acceptors (Lipinski definition) is 3. The van der Waals surface area contributed by atoms with E-state index in [4.69, 9.17) is 0 Å². The summed E-state index contributed by atoms with van der Waals surface area (Å²) in [5, 5.41) is 0. The number of hydrogen-bond donors (Lipinski definition) is 0. The summed E-state index contributed by atoms with van der Waals surface area (Å²) in [7, 11) is 1.13. The smallest absolute Gasteiger partial charge is 0.469 e. The van der Waals surface area contributed by atoms with Gasteiger partial charge in [-0.2, -0.15) is 13.2 Å². The molecule has 15 heavy (non-hydrogen) atoms. The zero-order chi connectivity index (χ0) is 12.1. The Morgan fingerprint density at radius 1 is 1.33 bits per heavy atom. The predicted octanol–water partition coefficient (Wildman–Crippen LogP) is 0.960. The van der Waals surface area contributed by atoms with Crippen LogP contribution in [0.1, 0.15) is 13.3 Å². The summed E-state index contributed by atoms with van der Waals surface area (Å²) in [6.45, 7) is 1.01. The first-order valence-electron chi connectivity index (χ1n) is 4.25. The number of nitrogens with zero attached hydrogens (tertiary/aromatic N) is 1. The van der Waals surface area contributed by atoms with E-state index < -0.39 is 18.1 Å². The molecule has 0 N–H and O–H groups in total. The Morgan fingerprint density at radius 3 is 2.20 bits per heavy atom. The molecule has 0 saturated heterocycles. The molecular weight excluding hydrogens is 215 g/mol. The topological polar surface area (TPSA) is 46.6 Å². The Morgan fingerprint density at radius 2 is 1.87 bits per heavy atom. The van der Waals surface area contributed by atoms with Crippen LogP contribution >= 0.6 is 0 Å². The van der Waals surface area contributed by atoms with Gasteiger partial charge in [-0.3, -0.25) is 9.59 Å². The van der Waals surface area contributed by atoms with E-state index in [1.54, 1.807) is 0 Å². The molecule has 4 nitrogen and oxygen atoms in total. The van der Waals surface area contributed by atoms with Crippen molar-refractivity contribution < 1.29 is 27.5 Å². The zero-order valence-corrected chi connectivity index (χ0v) is 8.43. The molecule has 0 aromatic heterocycles. The minimum absolute atomic E-state index is 0.102. The van der Waals surface area contributed by atoms with Gasteiger partial charge in [0.1, 0.15) is 0 Å². The largest absolute Gasteiger partial charge is 0.471 e. The van der Waals surface area contributed by atoms with Crippen LogP contribution in [-0.4, -0.2) is 43.2 Å². The van der Waals surface area contributed by atoms with Crippen molar-refractivity contribution in [2.24, 2.45) is 0 Å². The Balaban J connectivity index is 4.26. The second kappa shape index (κ2) is 5.57. The van der Waals surface area contributed by atoms with Crippen LogP contribution in [0.2, 0.25) is 0 Å². The average Bonchev–Trinajstić information content (AvgIpc) is 2.16. The first-order chi connectivity index (χ1) is 6.82. The monoisotopic (exact) mass is 227 g/mol. The molecule has 0 aliphatic carbocycles. The van der Waals surface area contributed by atoms with E-state index in [1.807, 2.05) is 0 Å². The van der Waals surface area contributed by atoms with Crippen LogP contribution in [0.4, 0.5) is 13.2 Å². The summed E-state index contributed by atoms with van der Waals surface area (Å²) in [6.07, 6.45) is -5.14. The van der Waals surface area contributed by atoms with Gasteiger partial charge in [-0.15, -0.1) is 0 Å². The fraction of sp³-hybridized carbons (Fsp3) is 0.750. The van der Waals surface area contributed by atoms with Crippen LogP contribution in [0.5, 0.6) is 0 Å². The fourth-order valence-corrected chi connectivity index (χ4v) is 0.911. The third kappa shape index (κ3) is 4.66. The van der Waals surface area contributed by atoms with Gasteiger partial charge in [0.15, 0.2) is 0 Å². The molecule has 0 unspecified atom stereocenters. The van der Waals surface area contributed by atoms with Gasteiger partial charge in [-0.05, 0) is 6.92 Å². The van der Waals surface area contributed by atoms with E-state index in [1.165, 1.54) is 6.92 Å². The average molecular weight is 227 g/mol. The molecule has 0 atom stereocenters. The summed E-state index contributed by atoms with van der Waals surface area (Å²) in [6, 6.07) is 0. The molecule has 0 fully saturated rings. The van der Waals surface area contributed by atoms with Crippen LogP contribution in [-0.2, 0) is 14.3 Å². The van der Waals surface area contributed by atoms with Crippen molar-refractivity contribution in [2.45, 2.75) is 19.5 Å². The first kappa shape index (κ1) is 13.7. The standard InChI is InChI=1S/C8H12F3NO3/c1-3-12(5-4-6(13)15-2)7(14)8(9,10)11/h3-5H2,1-2H3. The van der Waals surface area contributed by atoms with Crippen LogP contribution in [0.3, 0.4) is 0 Å². The Hall–Kier alpha value is -1.27. The molecular formula is C8H12F3NO3. The number of halogens is 3. The molecule has 88 valence electrons. The highest BCUT2D eigenvalue weighted by atomic mass is 19.4. The fourth-order valence-electron chi connectivity index (χ4n) is 0.911. The number of ether oxygens (including phenoxy) is 1. The van der Waals surface area contributed by atoms with Crippen molar-refractivity contribution >= 4 is 11.9 Å². The number of carbonyl (C=O) groups excluding carboxylic acids is 2. The number of alkyl halides is 3. The summed E-state index contributed by atoms with van der Waals surface area (Å²) < 4.78 is 40.2. The first-order valence-corrected chi connectivity index (χ1v) is 4.25. The molecule has 0 aliphatic rings. The van der Waals surface area contributed by atoms with Crippen LogP contribution in [0.25, 0.3) is 0 Å². The molecule has 0 spiro atoms. The quantitative estimate of drug-likeness (QED) is 0.672. The van der Waals surface area contributed by atoms with Gasteiger partial charge >= 0.3 is 18.1 Å². The van der Waals surface area contributed by atoms with Gasteiger partial charge < -0.3 is 9.64 Å². The highest BCUT2D eigenvalue weighted by Gasteiger charge is 2.41. The second-order valence-electron chi connectivity index (χ2n) is 2.71. The van der Waals surface area contributed by atoms with Crippen molar-refractivity contribution in [3.63, 3.8) is 0 Å². The molecule has 0 bridgehead atoms. The van der Waals surface area contributed by atoms with Crippen LogP contribution in [0.15, 0.2) is 0 Å².